The monoisotopic (exact) mass is 315 g/mol. The topological polar surface area (TPSA) is 61.4 Å². The van der Waals surface area contributed by atoms with E-state index in [1.54, 1.807) is 0 Å². The number of anilines is 2. The number of hydrogen-bond acceptors (Lipinski definition) is 2. The highest BCUT2D eigenvalue weighted by Gasteiger charge is 2.31. The minimum absolute atomic E-state index is 0.209. The van der Waals surface area contributed by atoms with Gasteiger partial charge in [-0.15, -0.1) is 0 Å². The molecule has 1 heterocycles. The fourth-order valence-electron chi connectivity index (χ4n) is 2.90. The lowest BCUT2D eigenvalue weighted by Crippen LogP contribution is -2.43. The molecule has 0 aromatic heterocycles. The molecule has 0 saturated heterocycles. The molecule has 1 saturated carbocycles. The molecule has 3 rings (SSSR count). The number of rotatable bonds is 3. The maximum atomic E-state index is 12.2. The molecule has 0 radical (unpaired) electrons. The van der Waals surface area contributed by atoms with Crippen LogP contribution in [0.2, 0.25) is 0 Å². The van der Waals surface area contributed by atoms with Gasteiger partial charge in [-0.1, -0.05) is 0 Å². The van der Waals surface area contributed by atoms with E-state index in [2.05, 4.69) is 10.6 Å². The van der Waals surface area contributed by atoms with Crippen LogP contribution in [0.5, 0.6) is 0 Å². The second kappa shape index (κ2) is 5.87. The van der Waals surface area contributed by atoms with Gasteiger partial charge in [-0.2, -0.15) is 0 Å². The molecule has 3 amide bonds. The van der Waals surface area contributed by atoms with Crippen molar-refractivity contribution in [1.82, 2.24) is 5.32 Å². The van der Waals surface area contributed by atoms with Crippen molar-refractivity contribution in [3.63, 3.8) is 0 Å². The van der Waals surface area contributed by atoms with E-state index in [1.807, 2.05) is 43.9 Å². The lowest BCUT2D eigenvalue weighted by molar-refractivity contribution is -0.118. The van der Waals surface area contributed by atoms with Gasteiger partial charge in [-0.3, -0.25) is 4.79 Å². The highest BCUT2D eigenvalue weighted by atomic mass is 16.2. The van der Waals surface area contributed by atoms with Crippen molar-refractivity contribution in [1.29, 1.82) is 0 Å². The molecule has 1 fully saturated rings. The molecule has 1 aliphatic carbocycles. The first-order valence-corrected chi connectivity index (χ1v) is 8.34. The number of carbonyl (C=O) groups excluding carboxylic acids is 2. The van der Waals surface area contributed by atoms with Gasteiger partial charge in [0.1, 0.15) is 0 Å². The second-order valence-electron chi connectivity index (χ2n) is 7.62. The van der Waals surface area contributed by atoms with Gasteiger partial charge in [0.05, 0.1) is 0 Å². The van der Waals surface area contributed by atoms with Crippen molar-refractivity contribution in [2.75, 3.05) is 16.8 Å². The van der Waals surface area contributed by atoms with E-state index in [-0.39, 0.29) is 17.5 Å². The molecule has 124 valence electrons. The highest BCUT2D eigenvalue weighted by Crippen LogP contribution is 2.36. The van der Waals surface area contributed by atoms with E-state index in [9.17, 15) is 9.59 Å². The number of hydrogen-bond donors (Lipinski definition) is 2. The van der Waals surface area contributed by atoms with Crippen LogP contribution in [-0.4, -0.2) is 24.0 Å². The fraction of sp³-hybridized carbons (Fsp3) is 0.556. The quantitative estimate of drug-likeness (QED) is 0.899. The maximum Gasteiger partial charge on any atom is 0.319 e. The Morgan fingerprint density at radius 2 is 2.00 bits per heavy atom. The Morgan fingerprint density at radius 1 is 1.26 bits per heavy atom. The summed E-state index contributed by atoms with van der Waals surface area (Å²) in [4.78, 5) is 26.1. The maximum absolute atomic E-state index is 12.2. The zero-order valence-corrected chi connectivity index (χ0v) is 14.1. The van der Waals surface area contributed by atoms with Crippen LogP contribution >= 0.6 is 0 Å². The normalized spacial score (nSPS) is 17.7. The predicted molar refractivity (Wildman–Crippen MR) is 91.7 cm³/mol. The van der Waals surface area contributed by atoms with Crippen molar-refractivity contribution < 1.29 is 9.59 Å². The predicted octanol–water partition coefficient (Wildman–Crippen LogP) is 3.30. The third kappa shape index (κ3) is 4.03. The Balaban J connectivity index is 1.74. The number of fused-ring (bicyclic) bond motifs is 1. The van der Waals surface area contributed by atoms with Crippen LogP contribution in [0, 0.1) is 5.92 Å². The summed E-state index contributed by atoms with van der Waals surface area (Å²) in [6.45, 7) is 6.67. The lowest BCUT2D eigenvalue weighted by atomic mass is 10.00. The summed E-state index contributed by atoms with van der Waals surface area (Å²) in [5, 5.41) is 5.76. The van der Waals surface area contributed by atoms with E-state index in [4.69, 9.17) is 0 Å². The summed E-state index contributed by atoms with van der Waals surface area (Å²) in [7, 11) is 0. The van der Waals surface area contributed by atoms with Gasteiger partial charge >= 0.3 is 6.03 Å². The van der Waals surface area contributed by atoms with Crippen molar-refractivity contribution in [3.05, 3.63) is 23.8 Å². The number of aryl methyl sites for hydroxylation is 1. The summed E-state index contributed by atoms with van der Waals surface area (Å²) in [6, 6.07) is 5.62. The first kappa shape index (κ1) is 15.8. The van der Waals surface area contributed by atoms with E-state index < -0.39 is 0 Å². The summed E-state index contributed by atoms with van der Waals surface area (Å²) in [5.41, 5.74) is 2.64. The van der Waals surface area contributed by atoms with E-state index in [0.29, 0.717) is 12.3 Å². The highest BCUT2D eigenvalue weighted by molar-refractivity contribution is 5.97. The fourth-order valence-corrected chi connectivity index (χ4v) is 2.90. The Morgan fingerprint density at radius 3 is 2.65 bits per heavy atom. The van der Waals surface area contributed by atoms with Crippen LogP contribution in [0.1, 0.15) is 45.6 Å². The second-order valence-corrected chi connectivity index (χ2v) is 7.62. The molecule has 0 bridgehead atoms. The van der Waals surface area contributed by atoms with Crippen molar-refractivity contribution in [2.45, 2.75) is 52.0 Å². The van der Waals surface area contributed by atoms with Crippen molar-refractivity contribution in [2.24, 2.45) is 5.92 Å². The molecule has 5 nitrogen and oxygen atoms in total. The summed E-state index contributed by atoms with van der Waals surface area (Å²) in [6.07, 6.45) is 3.75. The molecule has 2 aliphatic rings. The van der Waals surface area contributed by atoms with Gasteiger partial charge in [-0.05, 0) is 69.7 Å². The average molecular weight is 315 g/mol. The first-order chi connectivity index (χ1) is 10.8. The molecule has 1 aromatic carbocycles. The summed E-state index contributed by atoms with van der Waals surface area (Å²) < 4.78 is 0. The lowest BCUT2D eigenvalue weighted by Gasteiger charge is -2.30. The van der Waals surface area contributed by atoms with E-state index in [1.165, 1.54) is 12.8 Å². The number of nitrogens with one attached hydrogen (secondary N) is 2. The number of carbonyl (C=O) groups is 2. The van der Waals surface area contributed by atoms with Crippen molar-refractivity contribution >= 4 is 23.3 Å². The minimum atomic E-state index is -0.272. The van der Waals surface area contributed by atoms with Gasteiger partial charge < -0.3 is 15.5 Å². The van der Waals surface area contributed by atoms with Crippen LogP contribution in [0.4, 0.5) is 16.2 Å². The third-order valence-corrected chi connectivity index (χ3v) is 4.16. The third-order valence-electron chi connectivity index (χ3n) is 4.16. The number of nitrogens with zero attached hydrogens (tertiary/aromatic N) is 1. The molecule has 0 spiro atoms. The molecule has 0 unspecified atom stereocenters. The SMILES string of the molecule is CC(C)(C)NC(=O)Nc1ccc2c(c1)CCC(=O)N2CC1CC1. The average Bonchev–Trinajstić information content (AvgIpc) is 3.24. The largest absolute Gasteiger partial charge is 0.333 e. The molecule has 1 aliphatic heterocycles. The van der Waals surface area contributed by atoms with Crippen LogP contribution in [0.25, 0.3) is 0 Å². The standard InChI is InChI=1S/C18H25N3O2/c1-18(2,3)20-17(23)19-14-7-8-15-13(10-14)6-9-16(22)21(15)11-12-4-5-12/h7-8,10,12H,4-6,9,11H2,1-3H3,(H2,19,20,23). The Labute approximate surface area is 137 Å². The van der Waals surface area contributed by atoms with Crippen molar-refractivity contribution in [3.8, 4) is 0 Å². The molecule has 2 N–H and O–H groups in total. The zero-order valence-electron chi connectivity index (χ0n) is 14.1. The van der Waals surface area contributed by atoms with Gasteiger partial charge in [0.2, 0.25) is 5.91 Å². The first-order valence-electron chi connectivity index (χ1n) is 8.34. The Hall–Kier alpha value is -2.04. The van der Waals surface area contributed by atoms with Crippen LogP contribution in [0.15, 0.2) is 18.2 Å². The van der Waals surface area contributed by atoms with E-state index >= 15 is 0 Å². The Bertz CT molecular complexity index is 630. The van der Waals surface area contributed by atoms with Gasteiger partial charge in [0.25, 0.3) is 0 Å². The molecule has 1 aromatic rings. The number of benzene rings is 1. The Kier molecular flexibility index (Phi) is 4.04. The molecule has 0 atom stereocenters. The summed E-state index contributed by atoms with van der Waals surface area (Å²) in [5.74, 6) is 0.885. The van der Waals surface area contributed by atoms with Crippen LogP contribution in [0.3, 0.4) is 0 Å². The zero-order chi connectivity index (χ0) is 16.6. The van der Waals surface area contributed by atoms with Gasteiger partial charge in [-0.25, -0.2) is 4.79 Å². The summed E-state index contributed by atoms with van der Waals surface area (Å²) >= 11 is 0. The molecular weight excluding hydrogens is 290 g/mol. The van der Waals surface area contributed by atoms with E-state index in [0.717, 1.165) is 29.9 Å². The van der Waals surface area contributed by atoms with Crippen LogP contribution in [-0.2, 0) is 11.2 Å². The van der Waals surface area contributed by atoms with Gasteiger partial charge in [0.15, 0.2) is 0 Å². The number of amides is 3. The smallest absolute Gasteiger partial charge is 0.319 e. The van der Waals surface area contributed by atoms with Crippen LogP contribution < -0.4 is 15.5 Å². The molecular formula is C18H25N3O2. The number of urea groups is 1. The minimum Gasteiger partial charge on any atom is -0.333 e. The molecule has 23 heavy (non-hydrogen) atoms. The molecule has 5 heteroatoms. The van der Waals surface area contributed by atoms with Gasteiger partial charge in [0, 0.05) is 29.9 Å².